The zero-order chi connectivity index (χ0) is 13.5. The molecular weight excluding hydrogens is 232 g/mol. The maximum atomic E-state index is 10.9. The van der Waals surface area contributed by atoms with Crippen LogP contribution in [-0.2, 0) is 16.0 Å². The number of aliphatic carboxylic acids is 1. The van der Waals surface area contributed by atoms with Crippen molar-refractivity contribution in [1.29, 1.82) is 0 Å². The fourth-order valence-corrected chi connectivity index (χ4v) is 1.83. The first kappa shape index (κ1) is 13.9. The van der Waals surface area contributed by atoms with E-state index < -0.39 is 12.0 Å². The number of hydrogen-bond acceptors (Lipinski definition) is 3. The van der Waals surface area contributed by atoms with Crippen LogP contribution in [0.5, 0.6) is 0 Å². The van der Waals surface area contributed by atoms with Gasteiger partial charge in [-0.25, -0.2) is 0 Å². The van der Waals surface area contributed by atoms with E-state index in [1.807, 2.05) is 37.3 Å². The Morgan fingerprint density at radius 3 is 2.72 bits per heavy atom. The van der Waals surface area contributed by atoms with Crippen LogP contribution in [0.3, 0.4) is 0 Å². The molecule has 0 unspecified atom stereocenters. The van der Waals surface area contributed by atoms with Crippen molar-refractivity contribution in [3.63, 3.8) is 0 Å². The molecule has 0 aliphatic carbocycles. The van der Waals surface area contributed by atoms with Gasteiger partial charge in [0.15, 0.2) is 0 Å². The number of benzene rings is 1. The first-order valence-corrected chi connectivity index (χ1v) is 5.46. The second-order valence-corrected chi connectivity index (χ2v) is 3.74. The van der Waals surface area contributed by atoms with Crippen LogP contribution < -0.4 is 5.32 Å². The molecule has 0 aliphatic heterocycles. The quantitative estimate of drug-likeness (QED) is 0.759. The van der Waals surface area contributed by atoms with Gasteiger partial charge in [0.2, 0.25) is 0 Å². The van der Waals surface area contributed by atoms with Crippen molar-refractivity contribution in [2.45, 2.75) is 12.5 Å². The van der Waals surface area contributed by atoms with E-state index in [1.165, 1.54) is 0 Å². The van der Waals surface area contributed by atoms with Gasteiger partial charge in [-0.2, -0.15) is 0 Å². The Morgan fingerprint density at radius 2 is 2.11 bits per heavy atom. The Hall–Kier alpha value is -2.14. The van der Waals surface area contributed by atoms with E-state index in [2.05, 4.69) is 10.3 Å². The van der Waals surface area contributed by atoms with E-state index in [0.717, 1.165) is 16.5 Å². The maximum Gasteiger partial charge on any atom is 0.321 e. The van der Waals surface area contributed by atoms with Crippen molar-refractivity contribution in [3.8, 4) is 0 Å². The number of para-hydroxylation sites is 1. The molecule has 1 atom stereocenters. The van der Waals surface area contributed by atoms with Gasteiger partial charge in [0.25, 0.3) is 0 Å². The topological polar surface area (TPSA) is 82.2 Å². The predicted molar refractivity (Wildman–Crippen MR) is 69.6 cm³/mol. The Labute approximate surface area is 105 Å². The molecule has 5 nitrogen and oxygen atoms in total. The van der Waals surface area contributed by atoms with Crippen molar-refractivity contribution < 1.29 is 14.7 Å². The van der Waals surface area contributed by atoms with Gasteiger partial charge in [-0.3, -0.25) is 4.79 Å². The van der Waals surface area contributed by atoms with Gasteiger partial charge in [-0.15, -0.1) is 0 Å². The predicted octanol–water partition coefficient (Wildman–Crippen LogP) is 1.20. The molecule has 0 fully saturated rings. The molecule has 18 heavy (non-hydrogen) atoms. The zero-order valence-corrected chi connectivity index (χ0v) is 10.1. The van der Waals surface area contributed by atoms with E-state index in [0.29, 0.717) is 6.42 Å². The molecule has 0 spiro atoms. The van der Waals surface area contributed by atoms with Crippen LogP contribution in [0.25, 0.3) is 10.9 Å². The van der Waals surface area contributed by atoms with Gasteiger partial charge in [0.1, 0.15) is 12.8 Å². The zero-order valence-electron chi connectivity index (χ0n) is 10.1. The fourth-order valence-electron chi connectivity index (χ4n) is 1.83. The van der Waals surface area contributed by atoms with E-state index in [-0.39, 0.29) is 0 Å². The van der Waals surface area contributed by atoms with E-state index in [4.69, 9.17) is 9.90 Å². The summed E-state index contributed by atoms with van der Waals surface area (Å²) in [5.74, 6) is -0.826. The van der Waals surface area contributed by atoms with E-state index in [1.54, 1.807) is 7.05 Å². The molecule has 0 saturated carbocycles. The number of aromatic nitrogens is 1. The van der Waals surface area contributed by atoms with Crippen molar-refractivity contribution in [2.24, 2.45) is 0 Å². The molecule has 0 aliphatic rings. The molecule has 0 saturated heterocycles. The largest absolute Gasteiger partial charge is 0.480 e. The highest BCUT2D eigenvalue weighted by molar-refractivity contribution is 5.84. The lowest BCUT2D eigenvalue weighted by atomic mass is 10.1. The number of aromatic amines is 1. The number of hydrogen-bond donors (Lipinski definition) is 3. The number of carboxylic acid groups (broad SMARTS) is 1. The molecular formula is C13H16N2O3. The summed E-state index contributed by atoms with van der Waals surface area (Å²) < 4.78 is 0. The fraction of sp³-hybridized carbons (Fsp3) is 0.231. The van der Waals surface area contributed by atoms with Crippen LogP contribution in [0.15, 0.2) is 30.5 Å². The first-order chi connectivity index (χ1) is 8.72. The molecule has 0 bridgehead atoms. The number of H-pyrrole nitrogens is 1. The summed E-state index contributed by atoms with van der Waals surface area (Å²) in [5.41, 5.74) is 2.06. The van der Waals surface area contributed by atoms with Crippen molar-refractivity contribution in [1.82, 2.24) is 10.3 Å². The molecule has 3 N–H and O–H groups in total. The van der Waals surface area contributed by atoms with Crippen molar-refractivity contribution in [3.05, 3.63) is 36.0 Å². The Morgan fingerprint density at radius 1 is 1.44 bits per heavy atom. The number of carbonyl (C=O) groups is 2. The number of carboxylic acids is 1. The van der Waals surface area contributed by atoms with E-state index in [9.17, 15) is 4.79 Å². The normalized spacial score (nSPS) is 11.6. The number of fused-ring (bicyclic) bond motifs is 1. The maximum absolute atomic E-state index is 10.9. The highest BCUT2D eigenvalue weighted by Gasteiger charge is 2.16. The Balaban J connectivity index is 0.000000771. The minimum Gasteiger partial charge on any atom is -0.480 e. The molecule has 0 amide bonds. The molecule has 1 heterocycles. The van der Waals surface area contributed by atoms with Crippen LogP contribution in [-0.4, -0.2) is 35.9 Å². The summed E-state index contributed by atoms with van der Waals surface area (Å²) in [4.78, 5) is 22.1. The molecule has 5 heteroatoms. The highest BCUT2D eigenvalue weighted by Crippen LogP contribution is 2.18. The Kier molecular flexibility index (Phi) is 5.07. The number of rotatable bonds is 4. The minimum atomic E-state index is -0.826. The summed E-state index contributed by atoms with van der Waals surface area (Å²) in [6, 6.07) is 7.34. The highest BCUT2D eigenvalue weighted by atomic mass is 16.4. The smallest absolute Gasteiger partial charge is 0.321 e. The van der Waals surface area contributed by atoms with Crippen LogP contribution >= 0.6 is 0 Å². The third-order valence-electron chi connectivity index (χ3n) is 2.75. The average molecular weight is 248 g/mol. The molecule has 2 rings (SSSR count). The summed E-state index contributed by atoms with van der Waals surface area (Å²) >= 11 is 0. The van der Waals surface area contributed by atoms with Gasteiger partial charge in [-0.05, 0) is 18.7 Å². The lowest BCUT2D eigenvalue weighted by Crippen LogP contribution is -2.35. The van der Waals surface area contributed by atoms with Crippen LogP contribution in [0, 0.1) is 0 Å². The van der Waals surface area contributed by atoms with Crippen molar-refractivity contribution >= 4 is 23.7 Å². The number of likely N-dealkylation sites (N-methyl/N-ethyl adjacent to an activating group) is 1. The molecule has 0 radical (unpaired) electrons. The third-order valence-corrected chi connectivity index (χ3v) is 2.75. The minimum absolute atomic E-state index is 0.482. The molecule has 1 aromatic heterocycles. The lowest BCUT2D eigenvalue weighted by molar-refractivity contribution is -0.139. The van der Waals surface area contributed by atoms with Gasteiger partial charge in [0.05, 0.1) is 0 Å². The van der Waals surface area contributed by atoms with Crippen LogP contribution in [0.1, 0.15) is 5.56 Å². The molecule has 2 aromatic rings. The van der Waals surface area contributed by atoms with Gasteiger partial charge in [0, 0.05) is 23.5 Å². The summed E-state index contributed by atoms with van der Waals surface area (Å²) in [7, 11) is 1.66. The second kappa shape index (κ2) is 6.56. The van der Waals surface area contributed by atoms with Gasteiger partial charge >= 0.3 is 5.97 Å². The van der Waals surface area contributed by atoms with Gasteiger partial charge in [-0.1, -0.05) is 18.2 Å². The molecule has 96 valence electrons. The Bertz CT molecular complexity index is 522. The average Bonchev–Trinajstić information content (AvgIpc) is 2.81. The van der Waals surface area contributed by atoms with Gasteiger partial charge < -0.3 is 20.2 Å². The number of nitrogens with one attached hydrogen (secondary N) is 2. The lowest BCUT2D eigenvalue weighted by Gasteiger charge is -2.09. The SMILES string of the molecule is C=O.CN[C@@H](Cc1c[nH]c2ccccc12)C(=O)O. The van der Waals surface area contributed by atoms with E-state index >= 15 is 0 Å². The molecule has 1 aromatic carbocycles. The van der Waals surface area contributed by atoms with Crippen LogP contribution in [0.4, 0.5) is 0 Å². The van der Waals surface area contributed by atoms with Crippen LogP contribution in [0.2, 0.25) is 0 Å². The third kappa shape index (κ3) is 2.95. The first-order valence-electron chi connectivity index (χ1n) is 5.46. The summed E-state index contributed by atoms with van der Waals surface area (Å²) in [5, 5.41) is 12.8. The second-order valence-electron chi connectivity index (χ2n) is 3.74. The summed E-state index contributed by atoms with van der Waals surface area (Å²) in [6.45, 7) is 2.00. The monoisotopic (exact) mass is 248 g/mol. The van der Waals surface area contributed by atoms with Crippen molar-refractivity contribution in [2.75, 3.05) is 7.05 Å². The summed E-state index contributed by atoms with van der Waals surface area (Å²) in [6.07, 6.45) is 2.35. The number of carbonyl (C=O) groups excluding carboxylic acids is 1. The standard InChI is InChI=1S/C12H14N2O2.CH2O/c1-13-11(12(15)16)6-8-7-14-10-5-3-2-4-9(8)10;1-2/h2-5,7,11,13-14H,6H2,1H3,(H,15,16);1H2/t11-;/m0./s1.